The van der Waals surface area contributed by atoms with Crippen molar-refractivity contribution in [2.24, 2.45) is 5.73 Å². The molecule has 1 aromatic heterocycles. The first-order valence-electron chi connectivity index (χ1n) is 12.7. The lowest BCUT2D eigenvalue weighted by atomic mass is 9.78. The van der Waals surface area contributed by atoms with E-state index < -0.39 is 0 Å². The van der Waals surface area contributed by atoms with Crippen LogP contribution in [0.25, 0.3) is 0 Å². The molecule has 1 aliphatic heterocycles. The number of nitrogens with zero attached hydrogens (tertiary/aromatic N) is 2. The van der Waals surface area contributed by atoms with Crippen molar-refractivity contribution < 1.29 is 19.0 Å². The number of nitrogens with two attached hydrogens (primary N) is 1. The van der Waals surface area contributed by atoms with Crippen LogP contribution in [0.3, 0.4) is 0 Å². The molecule has 3 N–H and O–H groups in total. The van der Waals surface area contributed by atoms with Crippen molar-refractivity contribution >= 4 is 11.7 Å². The Morgan fingerprint density at radius 3 is 2.22 bits per heavy atom. The van der Waals surface area contributed by atoms with Crippen LogP contribution in [0.1, 0.15) is 30.7 Å². The van der Waals surface area contributed by atoms with Crippen molar-refractivity contribution in [1.29, 1.82) is 0 Å². The molecule has 196 valence electrons. The van der Waals surface area contributed by atoms with Gasteiger partial charge in [0.1, 0.15) is 23.9 Å². The summed E-state index contributed by atoms with van der Waals surface area (Å²) in [6.45, 7) is 8.77. The Balaban J connectivity index is 1.33. The van der Waals surface area contributed by atoms with Crippen molar-refractivity contribution in [3.8, 4) is 11.5 Å². The van der Waals surface area contributed by atoms with E-state index in [2.05, 4.69) is 36.2 Å². The molecule has 1 fully saturated rings. The van der Waals surface area contributed by atoms with Gasteiger partial charge in [0.25, 0.3) is 5.91 Å². The third-order valence-electron chi connectivity index (χ3n) is 6.50. The second-order valence-corrected chi connectivity index (χ2v) is 9.48. The monoisotopic (exact) mass is 504 g/mol. The van der Waals surface area contributed by atoms with E-state index in [1.807, 2.05) is 54.6 Å². The van der Waals surface area contributed by atoms with Gasteiger partial charge in [-0.2, -0.15) is 0 Å². The zero-order valence-corrected chi connectivity index (χ0v) is 21.6. The van der Waals surface area contributed by atoms with E-state index in [4.69, 9.17) is 24.9 Å². The van der Waals surface area contributed by atoms with E-state index in [1.54, 1.807) is 0 Å². The Bertz CT molecular complexity index is 1140. The number of benzene rings is 2. The average Bonchev–Trinajstić information content (AvgIpc) is 2.95. The number of pyridine rings is 1. The molecule has 0 spiro atoms. The second-order valence-electron chi connectivity index (χ2n) is 9.48. The number of ether oxygens (including phenoxy) is 3. The zero-order valence-electron chi connectivity index (χ0n) is 21.6. The third-order valence-corrected chi connectivity index (χ3v) is 6.50. The quantitative estimate of drug-likeness (QED) is 0.414. The first kappa shape index (κ1) is 26.4. The molecule has 0 aliphatic carbocycles. The second kappa shape index (κ2) is 12.6. The number of rotatable bonds is 11. The van der Waals surface area contributed by atoms with Gasteiger partial charge in [-0.1, -0.05) is 44.2 Å². The fourth-order valence-electron chi connectivity index (χ4n) is 4.19. The molecule has 2 aromatic carbocycles. The molecule has 2 heterocycles. The van der Waals surface area contributed by atoms with E-state index in [0.29, 0.717) is 25.4 Å². The van der Waals surface area contributed by atoms with Gasteiger partial charge in [-0.25, -0.2) is 4.98 Å². The highest BCUT2D eigenvalue weighted by Crippen LogP contribution is 2.33. The Morgan fingerprint density at radius 2 is 1.59 bits per heavy atom. The van der Waals surface area contributed by atoms with Crippen LogP contribution in [-0.4, -0.2) is 56.9 Å². The van der Waals surface area contributed by atoms with Gasteiger partial charge in [-0.15, -0.1) is 0 Å². The largest absolute Gasteiger partial charge is 0.487 e. The number of carbonyl (C=O) groups excluding carboxylic acids is 1. The van der Waals surface area contributed by atoms with Gasteiger partial charge < -0.3 is 30.2 Å². The molecule has 1 aliphatic rings. The molecule has 4 rings (SSSR count). The minimum Gasteiger partial charge on any atom is -0.487 e. The number of amides is 1. The molecule has 1 saturated heterocycles. The first-order chi connectivity index (χ1) is 18.0. The predicted octanol–water partition coefficient (Wildman–Crippen LogP) is 3.28. The number of aromatic nitrogens is 1. The molecule has 0 atom stereocenters. The van der Waals surface area contributed by atoms with Gasteiger partial charge >= 0.3 is 0 Å². The summed E-state index contributed by atoms with van der Waals surface area (Å²) < 4.78 is 17.0. The van der Waals surface area contributed by atoms with Crippen molar-refractivity contribution in [3.63, 3.8) is 0 Å². The molecule has 8 heteroatoms. The Labute approximate surface area is 218 Å². The number of nitrogens with one attached hydrogen (secondary N) is 1. The normalized spacial score (nSPS) is 13.8. The molecule has 8 nitrogen and oxygen atoms in total. The van der Waals surface area contributed by atoms with E-state index >= 15 is 0 Å². The highest BCUT2D eigenvalue weighted by molar-refractivity contribution is 5.77. The summed E-state index contributed by atoms with van der Waals surface area (Å²) in [4.78, 5) is 18.7. The maximum Gasteiger partial charge on any atom is 0.257 e. The van der Waals surface area contributed by atoms with Crippen LogP contribution in [0.5, 0.6) is 11.5 Å². The van der Waals surface area contributed by atoms with Crippen LogP contribution in [0.2, 0.25) is 0 Å². The van der Waals surface area contributed by atoms with Crippen LogP contribution in [0, 0.1) is 0 Å². The number of carbonyl (C=O) groups is 1. The third kappa shape index (κ3) is 7.21. The lowest BCUT2D eigenvalue weighted by Crippen LogP contribution is -2.36. The average molecular weight is 505 g/mol. The van der Waals surface area contributed by atoms with Crippen molar-refractivity contribution in [3.05, 3.63) is 83.6 Å². The summed E-state index contributed by atoms with van der Waals surface area (Å²) in [7, 11) is 0. The smallest absolute Gasteiger partial charge is 0.257 e. The number of hydrogen-bond acceptors (Lipinski definition) is 7. The van der Waals surface area contributed by atoms with Crippen LogP contribution in [-0.2, 0) is 21.6 Å². The standard InChI is InChI=1S/C29H36N4O4/c1-29(2,23-8-12-26(13-9-23)37-21-28(34)31-15-14-30)22-6-10-25(11-7-22)36-20-24-4-3-5-27(32-24)33-16-18-35-19-17-33/h3-13H,14-21,30H2,1-2H3,(H,31,34). The molecule has 3 aromatic rings. The maximum absolute atomic E-state index is 11.7. The highest BCUT2D eigenvalue weighted by Gasteiger charge is 2.23. The van der Waals surface area contributed by atoms with E-state index in [9.17, 15) is 4.79 Å². The summed E-state index contributed by atoms with van der Waals surface area (Å²) >= 11 is 0. The maximum atomic E-state index is 11.7. The van der Waals surface area contributed by atoms with Gasteiger partial charge in [0.2, 0.25) is 0 Å². The lowest BCUT2D eigenvalue weighted by molar-refractivity contribution is -0.123. The minimum atomic E-state index is -0.219. The highest BCUT2D eigenvalue weighted by atomic mass is 16.5. The fraction of sp³-hybridized carbons (Fsp3) is 0.379. The van der Waals surface area contributed by atoms with Gasteiger partial charge in [0.05, 0.1) is 18.9 Å². The first-order valence-corrected chi connectivity index (χ1v) is 12.7. The summed E-state index contributed by atoms with van der Waals surface area (Å²) in [5, 5.41) is 2.69. The molecule has 0 bridgehead atoms. The Morgan fingerprint density at radius 1 is 0.973 bits per heavy atom. The minimum absolute atomic E-state index is 0.0305. The zero-order chi connectivity index (χ0) is 26.1. The van der Waals surface area contributed by atoms with Crippen molar-refractivity contribution in [2.75, 3.05) is 50.9 Å². The number of anilines is 1. The van der Waals surface area contributed by atoms with Gasteiger partial charge in [-0.3, -0.25) is 4.79 Å². The summed E-state index contributed by atoms with van der Waals surface area (Å²) in [5.74, 6) is 2.23. The SMILES string of the molecule is CC(C)(c1ccc(OCC(=O)NCCN)cc1)c1ccc(OCc2cccc(N3CCOCC3)n2)cc1. The van der Waals surface area contributed by atoms with Crippen LogP contribution < -0.4 is 25.4 Å². The van der Waals surface area contributed by atoms with Crippen molar-refractivity contribution in [2.45, 2.75) is 25.9 Å². The lowest BCUT2D eigenvalue weighted by Gasteiger charge is -2.28. The van der Waals surface area contributed by atoms with Crippen LogP contribution >= 0.6 is 0 Å². The van der Waals surface area contributed by atoms with Crippen LogP contribution in [0.4, 0.5) is 5.82 Å². The van der Waals surface area contributed by atoms with E-state index in [-0.39, 0.29) is 17.9 Å². The predicted molar refractivity (Wildman–Crippen MR) is 144 cm³/mol. The van der Waals surface area contributed by atoms with Crippen molar-refractivity contribution in [1.82, 2.24) is 10.3 Å². The van der Waals surface area contributed by atoms with E-state index in [1.165, 1.54) is 5.56 Å². The fourth-order valence-corrected chi connectivity index (χ4v) is 4.19. The topological polar surface area (TPSA) is 98.9 Å². The molecule has 0 unspecified atom stereocenters. The number of morpholine rings is 1. The molecule has 0 saturated carbocycles. The van der Waals surface area contributed by atoms with Crippen LogP contribution in [0.15, 0.2) is 66.7 Å². The summed E-state index contributed by atoms with van der Waals surface area (Å²) in [5.41, 5.74) is 8.39. The van der Waals surface area contributed by atoms with Gasteiger partial charge in [0, 0.05) is 31.6 Å². The van der Waals surface area contributed by atoms with Gasteiger partial charge in [0.15, 0.2) is 6.61 Å². The van der Waals surface area contributed by atoms with Gasteiger partial charge in [-0.05, 0) is 47.5 Å². The molecular formula is C29H36N4O4. The Hall–Kier alpha value is -3.62. The molecule has 0 radical (unpaired) electrons. The Kier molecular flexibility index (Phi) is 8.98. The number of hydrogen-bond donors (Lipinski definition) is 2. The molecule has 1 amide bonds. The molecule has 37 heavy (non-hydrogen) atoms. The summed E-state index contributed by atoms with van der Waals surface area (Å²) in [6, 6.07) is 22.1. The summed E-state index contributed by atoms with van der Waals surface area (Å²) in [6.07, 6.45) is 0. The van der Waals surface area contributed by atoms with E-state index in [0.717, 1.165) is 49.1 Å². The molecular weight excluding hydrogens is 468 g/mol.